The molecule has 0 saturated heterocycles. The van der Waals surface area contributed by atoms with E-state index in [9.17, 15) is 0 Å². The normalized spacial score (nSPS) is 14.0. The fourth-order valence-corrected chi connectivity index (χ4v) is 1.32. The van der Waals surface area contributed by atoms with Crippen LogP contribution in [0.1, 0.15) is 6.92 Å². The Balaban J connectivity index is 3.34. The molecule has 7 heavy (non-hydrogen) atoms. The van der Waals surface area contributed by atoms with Gasteiger partial charge in [-0.15, -0.1) is 0 Å². The maximum atomic E-state index is 5.31. The van der Waals surface area contributed by atoms with Gasteiger partial charge in [0, 0.05) is 0 Å². The second kappa shape index (κ2) is 3.60. The van der Waals surface area contributed by atoms with Gasteiger partial charge >= 0.3 is 59.9 Å². The van der Waals surface area contributed by atoms with Crippen LogP contribution >= 0.6 is 12.2 Å². The Morgan fingerprint density at radius 2 is 2.29 bits per heavy atom. The zero-order chi connectivity index (χ0) is 5.86. The summed E-state index contributed by atoms with van der Waals surface area (Å²) in [6.45, 7) is 2.08. The van der Waals surface area contributed by atoms with Crippen LogP contribution in [0.5, 0.6) is 0 Å². The monoisotopic (exact) mass is 230 g/mol. The van der Waals surface area contributed by atoms with Crippen molar-refractivity contribution in [3.8, 4) is 0 Å². The fraction of sp³-hybridized carbons (Fsp3) is 0.750. The zero-order valence-corrected chi connectivity index (χ0v) is 7.41. The Morgan fingerprint density at radius 3 is 2.29 bits per heavy atom. The summed E-state index contributed by atoms with van der Waals surface area (Å²) in [5.41, 5.74) is 5.31. The summed E-state index contributed by atoms with van der Waals surface area (Å²) in [4.78, 5) is 2.86. The molecule has 0 aromatic carbocycles. The summed E-state index contributed by atoms with van der Waals surface area (Å²) in [5, 5.41) is 0. The fourth-order valence-electron chi connectivity index (χ4n) is 0.108. The van der Waals surface area contributed by atoms with E-state index < -0.39 is 0 Å². The summed E-state index contributed by atoms with van der Waals surface area (Å²) >= 11 is 4.96. The van der Waals surface area contributed by atoms with E-state index in [2.05, 4.69) is 11.9 Å². The first-order chi connectivity index (χ1) is 3.18. The number of alkyl halides is 2. The van der Waals surface area contributed by atoms with E-state index in [0.29, 0.717) is 8.91 Å². The molecule has 1 unspecified atom stereocenters. The molecule has 3 heteroatoms. The van der Waals surface area contributed by atoms with E-state index in [0.717, 1.165) is 0 Å². The first kappa shape index (κ1) is 7.62. The Hall–Kier alpha value is 0.620. The van der Waals surface area contributed by atoms with Crippen molar-refractivity contribution in [3.63, 3.8) is 0 Å². The molecule has 1 nitrogen and oxygen atoms in total. The summed E-state index contributed by atoms with van der Waals surface area (Å²) in [6, 6.07) is 0. The van der Waals surface area contributed by atoms with Crippen molar-refractivity contribution in [2.75, 3.05) is 4.93 Å². The standard InChI is InChI=1S/C4H9INS/c1-3(5-2)4(6)7/h3H,1-2H3,(H2,6,7)/q-1. The SMILES string of the molecule is C[I-]C(C)C(N)=S. The Labute approximate surface area is 59.9 Å². The van der Waals surface area contributed by atoms with Crippen LogP contribution in [-0.2, 0) is 0 Å². The van der Waals surface area contributed by atoms with E-state index in [-0.39, 0.29) is 21.2 Å². The molecule has 1 atom stereocenters. The number of nitrogens with two attached hydrogens (primary N) is 1. The van der Waals surface area contributed by atoms with Gasteiger partial charge in [0.1, 0.15) is 0 Å². The van der Waals surface area contributed by atoms with Crippen LogP contribution in [0.3, 0.4) is 0 Å². The number of rotatable bonds is 2. The molecule has 0 fully saturated rings. The van der Waals surface area contributed by atoms with Gasteiger partial charge in [0.25, 0.3) is 0 Å². The molecule has 0 aliphatic carbocycles. The third kappa shape index (κ3) is 3.22. The average molecular weight is 230 g/mol. The van der Waals surface area contributed by atoms with E-state index in [1.54, 1.807) is 0 Å². The topological polar surface area (TPSA) is 26.0 Å². The van der Waals surface area contributed by atoms with Gasteiger partial charge in [-0.25, -0.2) is 0 Å². The molecule has 0 amide bonds. The Bertz CT molecular complexity index is 74.1. The predicted molar refractivity (Wildman–Crippen MR) is 32.2 cm³/mol. The first-order valence-electron chi connectivity index (χ1n) is 1.96. The third-order valence-corrected chi connectivity index (χ3v) is 4.03. The van der Waals surface area contributed by atoms with Crippen molar-refractivity contribution < 1.29 is 21.2 Å². The summed E-state index contributed by atoms with van der Waals surface area (Å²) < 4.78 is 0.522. The molecule has 0 heterocycles. The van der Waals surface area contributed by atoms with Crippen molar-refractivity contribution in [1.29, 1.82) is 0 Å². The van der Waals surface area contributed by atoms with Gasteiger partial charge in [-0.2, -0.15) is 0 Å². The molecule has 0 aliphatic heterocycles. The summed E-state index contributed by atoms with van der Waals surface area (Å²) in [7, 11) is 0. The minimum absolute atomic E-state index is 0.238. The van der Waals surface area contributed by atoms with Crippen molar-refractivity contribution in [3.05, 3.63) is 0 Å². The zero-order valence-electron chi connectivity index (χ0n) is 4.44. The molecule has 0 bridgehead atoms. The number of thiocarbonyl (C=S) groups is 1. The first-order valence-corrected chi connectivity index (χ1v) is 5.77. The number of hydrogen-bond acceptors (Lipinski definition) is 1. The third-order valence-electron chi connectivity index (χ3n) is 0.719. The van der Waals surface area contributed by atoms with Crippen LogP contribution in [0.25, 0.3) is 0 Å². The molecule has 0 aromatic rings. The van der Waals surface area contributed by atoms with Gasteiger partial charge < -0.3 is 0 Å². The van der Waals surface area contributed by atoms with Crippen molar-refractivity contribution >= 4 is 17.2 Å². The van der Waals surface area contributed by atoms with Crippen molar-refractivity contribution in [1.82, 2.24) is 0 Å². The van der Waals surface area contributed by atoms with E-state index in [4.69, 9.17) is 18.0 Å². The van der Waals surface area contributed by atoms with E-state index in [1.165, 1.54) is 0 Å². The van der Waals surface area contributed by atoms with E-state index in [1.807, 2.05) is 0 Å². The van der Waals surface area contributed by atoms with Crippen LogP contribution < -0.4 is 26.9 Å². The van der Waals surface area contributed by atoms with Gasteiger partial charge in [0.2, 0.25) is 0 Å². The quantitative estimate of drug-likeness (QED) is 0.319. The van der Waals surface area contributed by atoms with Crippen LogP contribution in [0.4, 0.5) is 0 Å². The maximum absolute atomic E-state index is 5.31. The molecule has 0 radical (unpaired) electrons. The second-order valence-electron chi connectivity index (χ2n) is 1.24. The molecular weight excluding hydrogens is 221 g/mol. The van der Waals surface area contributed by atoms with Crippen LogP contribution in [0, 0.1) is 0 Å². The summed E-state index contributed by atoms with van der Waals surface area (Å²) in [6.07, 6.45) is 0. The Kier molecular flexibility index (Phi) is 3.92. The van der Waals surface area contributed by atoms with Gasteiger partial charge in [0.15, 0.2) is 0 Å². The van der Waals surface area contributed by atoms with Crippen molar-refractivity contribution in [2.45, 2.75) is 10.8 Å². The van der Waals surface area contributed by atoms with Crippen LogP contribution in [-0.4, -0.2) is 13.8 Å². The van der Waals surface area contributed by atoms with Crippen LogP contribution in [0.15, 0.2) is 0 Å². The van der Waals surface area contributed by atoms with E-state index >= 15 is 0 Å². The van der Waals surface area contributed by atoms with Gasteiger partial charge in [-0.05, 0) is 0 Å². The predicted octanol–water partition coefficient (Wildman–Crippen LogP) is -2.62. The molecule has 0 aromatic heterocycles. The van der Waals surface area contributed by atoms with Gasteiger partial charge in [-0.1, -0.05) is 0 Å². The summed E-state index contributed by atoms with van der Waals surface area (Å²) in [5.74, 6) is 0. The molecule has 44 valence electrons. The molecular formula is C4H9INS-. The minimum atomic E-state index is 0.238. The van der Waals surface area contributed by atoms with Crippen molar-refractivity contribution in [2.24, 2.45) is 5.73 Å². The number of hydrogen-bond donors (Lipinski definition) is 1. The molecule has 0 saturated carbocycles. The second-order valence-corrected chi connectivity index (χ2v) is 4.82. The van der Waals surface area contributed by atoms with Gasteiger partial charge in [0.05, 0.1) is 0 Å². The molecule has 0 aliphatic rings. The van der Waals surface area contributed by atoms with Crippen LogP contribution in [0.2, 0.25) is 0 Å². The molecule has 0 spiro atoms. The van der Waals surface area contributed by atoms with Gasteiger partial charge in [-0.3, -0.25) is 0 Å². The Morgan fingerprint density at radius 1 is 1.86 bits per heavy atom. The molecule has 2 N–H and O–H groups in total. The number of halogens is 1. The average Bonchev–Trinajstić information content (AvgIpc) is 1.65. The molecule has 0 rings (SSSR count).